The van der Waals surface area contributed by atoms with Crippen LogP contribution in [0.25, 0.3) is 17.4 Å². The highest BCUT2D eigenvalue weighted by Gasteiger charge is 2.33. The van der Waals surface area contributed by atoms with Gasteiger partial charge in [0.1, 0.15) is 23.1 Å². The number of anilines is 1. The number of methoxy groups -OCH3 is 1. The van der Waals surface area contributed by atoms with Crippen molar-refractivity contribution >= 4 is 46.2 Å². The molecule has 2 aromatic carbocycles. The Kier molecular flexibility index (Phi) is 5.17. The quantitative estimate of drug-likeness (QED) is 0.533. The summed E-state index contributed by atoms with van der Waals surface area (Å²) in [5.41, 5.74) is 1.21. The van der Waals surface area contributed by atoms with E-state index in [1.165, 1.54) is 29.2 Å². The SMILES string of the molecule is COc1ccc(-c2ccc(/C=C3\SC(=N)N(c4ccc(F)cc4)C3=O)o2)cc1Cl. The third-order valence-corrected chi connectivity index (χ3v) is 5.43. The summed E-state index contributed by atoms with van der Waals surface area (Å²) in [5.74, 6) is 0.852. The Morgan fingerprint density at radius 1 is 1.17 bits per heavy atom. The standard InChI is InChI=1S/C21H14ClFN2O3S/c1-27-18-8-2-12(10-16(18)22)17-9-7-15(28-17)11-19-20(26)25(21(24)29-19)14-5-3-13(23)4-6-14/h2-11,24H,1H3/b19-11-,24-21?. The number of nitrogens with one attached hydrogen (secondary N) is 1. The molecule has 0 bridgehead atoms. The van der Waals surface area contributed by atoms with Gasteiger partial charge >= 0.3 is 0 Å². The van der Waals surface area contributed by atoms with Gasteiger partial charge in [-0.05, 0) is 66.4 Å². The number of amides is 1. The van der Waals surface area contributed by atoms with E-state index in [0.717, 1.165) is 17.3 Å². The van der Waals surface area contributed by atoms with Crippen LogP contribution < -0.4 is 9.64 Å². The van der Waals surface area contributed by atoms with Crippen molar-refractivity contribution in [3.8, 4) is 17.1 Å². The van der Waals surface area contributed by atoms with Crippen LogP contribution in [0.1, 0.15) is 5.76 Å². The number of carbonyl (C=O) groups excluding carboxylic acids is 1. The molecule has 1 N–H and O–H groups in total. The number of halogens is 2. The van der Waals surface area contributed by atoms with E-state index >= 15 is 0 Å². The first-order chi connectivity index (χ1) is 14.0. The van der Waals surface area contributed by atoms with Crippen molar-refractivity contribution in [1.82, 2.24) is 0 Å². The molecule has 1 aliphatic rings. The molecule has 1 fully saturated rings. The molecule has 8 heteroatoms. The van der Waals surface area contributed by atoms with E-state index < -0.39 is 5.82 Å². The second kappa shape index (κ2) is 7.77. The van der Waals surface area contributed by atoms with Gasteiger partial charge in [-0.3, -0.25) is 15.1 Å². The van der Waals surface area contributed by atoms with Crippen LogP contribution in [0.2, 0.25) is 5.02 Å². The van der Waals surface area contributed by atoms with Gasteiger partial charge in [0.05, 0.1) is 22.7 Å². The number of amidine groups is 1. The fourth-order valence-electron chi connectivity index (χ4n) is 2.85. The number of thioether (sulfide) groups is 1. The maximum absolute atomic E-state index is 13.1. The summed E-state index contributed by atoms with van der Waals surface area (Å²) in [6, 6.07) is 14.2. The van der Waals surface area contributed by atoms with Crippen LogP contribution in [-0.4, -0.2) is 18.2 Å². The van der Waals surface area contributed by atoms with E-state index in [-0.39, 0.29) is 11.1 Å². The number of hydrogen-bond acceptors (Lipinski definition) is 5. The van der Waals surface area contributed by atoms with Crippen molar-refractivity contribution in [2.45, 2.75) is 0 Å². The van der Waals surface area contributed by atoms with Gasteiger partial charge in [0.2, 0.25) is 0 Å². The summed E-state index contributed by atoms with van der Waals surface area (Å²) in [6.45, 7) is 0. The minimum atomic E-state index is -0.405. The maximum atomic E-state index is 13.1. The van der Waals surface area contributed by atoms with Crippen LogP contribution >= 0.6 is 23.4 Å². The third kappa shape index (κ3) is 3.79. The summed E-state index contributed by atoms with van der Waals surface area (Å²) in [6.07, 6.45) is 1.58. The first-order valence-corrected chi connectivity index (χ1v) is 9.67. The van der Waals surface area contributed by atoms with Gasteiger partial charge in [-0.1, -0.05) is 11.6 Å². The zero-order valence-electron chi connectivity index (χ0n) is 15.1. The number of carbonyl (C=O) groups is 1. The lowest BCUT2D eigenvalue weighted by atomic mass is 10.2. The van der Waals surface area contributed by atoms with Crippen molar-refractivity contribution in [2.24, 2.45) is 0 Å². The van der Waals surface area contributed by atoms with Crippen molar-refractivity contribution < 1.29 is 18.3 Å². The zero-order valence-corrected chi connectivity index (χ0v) is 16.7. The smallest absolute Gasteiger partial charge is 0.271 e. The minimum absolute atomic E-state index is 0.0431. The second-order valence-corrected chi connectivity index (χ2v) is 7.52. The van der Waals surface area contributed by atoms with Crippen molar-refractivity contribution in [3.63, 3.8) is 0 Å². The van der Waals surface area contributed by atoms with E-state index in [4.69, 9.17) is 26.2 Å². The summed E-state index contributed by atoms with van der Waals surface area (Å²) in [4.78, 5) is 14.3. The second-order valence-electron chi connectivity index (χ2n) is 6.08. The lowest BCUT2D eigenvalue weighted by molar-refractivity contribution is -0.113. The largest absolute Gasteiger partial charge is 0.495 e. The van der Waals surface area contributed by atoms with Gasteiger partial charge in [0.15, 0.2) is 5.17 Å². The summed E-state index contributed by atoms with van der Waals surface area (Å²) in [7, 11) is 1.54. The Morgan fingerprint density at radius 2 is 1.93 bits per heavy atom. The first kappa shape index (κ1) is 19.3. The number of ether oxygens (including phenoxy) is 1. The van der Waals surface area contributed by atoms with Gasteiger partial charge < -0.3 is 9.15 Å². The molecule has 1 aromatic heterocycles. The molecular formula is C21H14ClFN2O3S. The van der Waals surface area contributed by atoms with Gasteiger partial charge in [-0.2, -0.15) is 0 Å². The molecule has 1 aliphatic heterocycles. The number of hydrogen-bond donors (Lipinski definition) is 1. The molecule has 3 aromatic rings. The highest BCUT2D eigenvalue weighted by molar-refractivity contribution is 8.19. The Morgan fingerprint density at radius 3 is 2.62 bits per heavy atom. The molecular weight excluding hydrogens is 415 g/mol. The molecule has 29 heavy (non-hydrogen) atoms. The Bertz CT molecular complexity index is 1140. The van der Waals surface area contributed by atoms with E-state index in [9.17, 15) is 9.18 Å². The predicted octanol–water partition coefficient (Wildman–Crippen LogP) is 5.80. The van der Waals surface area contributed by atoms with Gasteiger partial charge in [-0.25, -0.2) is 4.39 Å². The molecule has 0 unspecified atom stereocenters. The molecule has 0 radical (unpaired) electrons. The molecule has 2 heterocycles. The highest BCUT2D eigenvalue weighted by Crippen LogP contribution is 2.36. The fourth-order valence-corrected chi connectivity index (χ4v) is 3.95. The average molecular weight is 429 g/mol. The van der Waals surface area contributed by atoms with Crippen LogP contribution in [0, 0.1) is 11.2 Å². The van der Waals surface area contributed by atoms with Crippen molar-refractivity contribution in [2.75, 3.05) is 12.0 Å². The highest BCUT2D eigenvalue weighted by atomic mass is 35.5. The lowest BCUT2D eigenvalue weighted by Crippen LogP contribution is -2.28. The number of furan rings is 1. The molecule has 1 saturated heterocycles. The van der Waals surface area contributed by atoms with Crippen molar-refractivity contribution in [3.05, 3.63) is 76.1 Å². The van der Waals surface area contributed by atoms with Crippen LogP contribution in [-0.2, 0) is 4.79 Å². The van der Waals surface area contributed by atoms with E-state index in [0.29, 0.717) is 32.9 Å². The minimum Gasteiger partial charge on any atom is -0.495 e. The number of benzene rings is 2. The molecule has 0 spiro atoms. The summed E-state index contributed by atoms with van der Waals surface area (Å²) < 4.78 is 24.1. The Labute approximate surface area is 175 Å². The third-order valence-electron chi connectivity index (χ3n) is 4.24. The van der Waals surface area contributed by atoms with Crippen molar-refractivity contribution in [1.29, 1.82) is 5.41 Å². The van der Waals surface area contributed by atoms with E-state index in [1.54, 1.807) is 37.5 Å². The molecule has 0 saturated carbocycles. The summed E-state index contributed by atoms with van der Waals surface area (Å²) >= 11 is 7.18. The van der Waals surface area contributed by atoms with Crippen LogP contribution in [0.3, 0.4) is 0 Å². The lowest BCUT2D eigenvalue weighted by Gasteiger charge is -2.13. The number of rotatable bonds is 4. The van der Waals surface area contributed by atoms with Gasteiger partial charge in [0, 0.05) is 11.6 Å². The monoisotopic (exact) mass is 428 g/mol. The van der Waals surface area contributed by atoms with Crippen LogP contribution in [0.4, 0.5) is 10.1 Å². The molecule has 1 amide bonds. The Hall–Kier alpha value is -3.03. The maximum Gasteiger partial charge on any atom is 0.271 e. The van der Waals surface area contributed by atoms with Gasteiger partial charge in [-0.15, -0.1) is 0 Å². The van der Waals surface area contributed by atoms with E-state index in [1.807, 2.05) is 6.07 Å². The van der Waals surface area contributed by atoms with Crippen LogP contribution in [0.5, 0.6) is 5.75 Å². The predicted molar refractivity (Wildman–Crippen MR) is 113 cm³/mol. The molecule has 146 valence electrons. The fraction of sp³-hybridized carbons (Fsp3) is 0.0476. The normalized spacial score (nSPS) is 15.4. The average Bonchev–Trinajstić information content (AvgIpc) is 3.27. The Balaban J connectivity index is 1.59. The summed E-state index contributed by atoms with van der Waals surface area (Å²) in [5, 5.41) is 8.61. The topological polar surface area (TPSA) is 66.5 Å². The molecule has 4 rings (SSSR count). The molecule has 0 atom stereocenters. The molecule has 0 aliphatic carbocycles. The zero-order chi connectivity index (χ0) is 20.5. The van der Waals surface area contributed by atoms with Gasteiger partial charge in [0.25, 0.3) is 5.91 Å². The van der Waals surface area contributed by atoms with Crippen LogP contribution in [0.15, 0.2) is 63.9 Å². The van der Waals surface area contributed by atoms with E-state index in [2.05, 4.69) is 0 Å². The number of nitrogens with zero attached hydrogens (tertiary/aromatic N) is 1. The first-order valence-electron chi connectivity index (χ1n) is 8.48. The molecule has 5 nitrogen and oxygen atoms in total.